The third kappa shape index (κ3) is 3.59. The summed E-state index contributed by atoms with van der Waals surface area (Å²) in [5.74, 6) is 0. The SMILES string of the molecule is C=CCN(CC=C)C(=S)NC1CC1. The maximum Gasteiger partial charge on any atom is 0.169 e. The van der Waals surface area contributed by atoms with Crippen LogP contribution in [-0.4, -0.2) is 29.1 Å². The summed E-state index contributed by atoms with van der Waals surface area (Å²) in [4.78, 5) is 2.05. The van der Waals surface area contributed by atoms with Crippen molar-refractivity contribution >= 4 is 17.3 Å². The molecule has 1 aliphatic carbocycles. The van der Waals surface area contributed by atoms with Crippen LogP contribution in [0.3, 0.4) is 0 Å². The van der Waals surface area contributed by atoms with Crippen LogP contribution in [0, 0.1) is 0 Å². The van der Waals surface area contributed by atoms with Crippen LogP contribution in [0.4, 0.5) is 0 Å². The molecular formula is C10H16N2S. The van der Waals surface area contributed by atoms with Crippen molar-refractivity contribution in [3.8, 4) is 0 Å². The summed E-state index contributed by atoms with van der Waals surface area (Å²) in [7, 11) is 0. The molecule has 0 aliphatic heterocycles. The molecule has 2 nitrogen and oxygen atoms in total. The van der Waals surface area contributed by atoms with Crippen LogP contribution in [-0.2, 0) is 0 Å². The van der Waals surface area contributed by atoms with Crippen molar-refractivity contribution in [2.75, 3.05) is 13.1 Å². The Labute approximate surface area is 85.3 Å². The van der Waals surface area contributed by atoms with Gasteiger partial charge in [0.25, 0.3) is 0 Å². The molecule has 1 saturated carbocycles. The molecule has 72 valence electrons. The van der Waals surface area contributed by atoms with Crippen molar-refractivity contribution in [1.29, 1.82) is 0 Å². The molecule has 1 N–H and O–H groups in total. The predicted molar refractivity (Wildman–Crippen MR) is 60.7 cm³/mol. The van der Waals surface area contributed by atoms with Gasteiger partial charge in [0.1, 0.15) is 0 Å². The molecule has 0 saturated heterocycles. The monoisotopic (exact) mass is 196 g/mol. The second-order valence-electron chi connectivity index (χ2n) is 3.21. The van der Waals surface area contributed by atoms with Crippen molar-refractivity contribution < 1.29 is 0 Å². The number of rotatable bonds is 5. The summed E-state index contributed by atoms with van der Waals surface area (Å²) in [6.07, 6.45) is 6.20. The Bertz CT molecular complexity index is 199. The van der Waals surface area contributed by atoms with Gasteiger partial charge in [-0.2, -0.15) is 0 Å². The largest absolute Gasteiger partial charge is 0.360 e. The average molecular weight is 196 g/mol. The Morgan fingerprint density at radius 2 is 1.92 bits per heavy atom. The minimum Gasteiger partial charge on any atom is -0.360 e. The van der Waals surface area contributed by atoms with Crippen LogP contribution < -0.4 is 5.32 Å². The van der Waals surface area contributed by atoms with E-state index in [1.807, 2.05) is 17.1 Å². The quantitative estimate of drug-likeness (QED) is 0.532. The van der Waals surface area contributed by atoms with Crippen LogP contribution in [0.2, 0.25) is 0 Å². The lowest BCUT2D eigenvalue weighted by Crippen LogP contribution is -2.40. The van der Waals surface area contributed by atoms with Crippen molar-refractivity contribution in [3.63, 3.8) is 0 Å². The highest BCUT2D eigenvalue weighted by Crippen LogP contribution is 2.18. The van der Waals surface area contributed by atoms with Crippen molar-refractivity contribution in [3.05, 3.63) is 25.3 Å². The highest BCUT2D eigenvalue weighted by Gasteiger charge is 2.23. The van der Waals surface area contributed by atoms with Gasteiger partial charge in [-0.25, -0.2) is 0 Å². The molecule has 13 heavy (non-hydrogen) atoms. The summed E-state index contributed by atoms with van der Waals surface area (Å²) in [6, 6.07) is 0.615. The van der Waals surface area contributed by atoms with E-state index in [1.165, 1.54) is 12.8 Å². The topological polar surface area (TPSA) is 15.3 Å². The first kappa shape index (κ1) is 10.3. The van der Waals surface area contributed by atoms with Gasteiger partial charge in [0.15, 0.2) is 5.11 Å². The van der Waals surface area contributed by atoms with Gasteiger partial charge in [0.2, 0.25) is 0 Å². The van der Waals surface area contributed by atoms with Gasteiger partial charge in [-0.05, 0) is 25.1 Å². The van der Waals surface area contributed by atoms with E-state index < -0.39 is 0 Å². The smallest absolute Gasteiger partial charge is 0.169 e. The highest BCUT2D eigenvalue weighted by atomic mass is 32.1. The van der Waals surface area contributed by atoms with Crippen LogP contribution in [0.25, 0.3) is 0 Å². The minimum atomic E-state index is 0.615. The third-order valence-electron chi connectivity index (χ3n) is 1.89. The predicted octanol–water partition coefficient (Wildman–Crippen LogP) is 1.70. The van der Waals surface area contributed by atoms with Crippen molar-refractivity contribution in [2.45, 2.75) is 18.9 Å². The molecule has 0 aromatic carbocycles. The van der Waals surface area contributed by atoms with E-state index in [1.54, 1.807) is 0 Å². The Morgan fingerprint density at radius 1 is 1.38 bits per heavy atom. The van der Waals surface area contributed by atoms with E-state index in [2.05, 4.69) is 18.5 Å². The standard InChI is InChI=1S/C10H16N2S/c1-3-7-12(8-4-2)10(13)11-9-5-6-9/h3-4,9H,1-2,5-8H2,(H,11,13). The van der Waals surface area contributed by atoms with E-state index in [-0.39, 0.29) is 0 Å². The third-order valence-corrected chi connectivity index (χ3v) is 2.27. The molecule has 0 radical (unpaired) electrons. The fraction of sp³-hybridized carbons (Fsp3) is 0.500. The molecular weight excluding hydrogens is 180 g/mol. The van der Waals surface area contributed by atoms with E-state index in [0.29, 0.717) is 6.04 Å². The fourth-order valence-electron chi connectivity index (χ4n) is 1.05. The fourth-order valence-corrected chi connectivity index (χ4v) is 1.36. The molecule has 1 rings (SSSR count). The molecule has 3 heteroatoms. The molecule has 0 atom stereocenters. The molecule has 0 bridgehead atoms. The average Bonchev–Trinajstić information content (AvgIpc) is 2.88. The highest BCUT2D eigenvalue weighted by molar-refractivity contribution is 7.80. The Balaban J connectivity index is 2.35. The number of hydrogen-bond donors (Lipinski definition) is 1. The molecule has 0 spiro atoms. The maximum atomic E-state index is 5.24. The molecule has 1 aliphatic rings. The lowest BCUT2D eigenvalue weighted by molar-refractivity contribution is 0.500. The zero-order valence-electron chi connectivity index (χ0n) is 7.83. The van der Waals surface area contributed by atoms with Crippen LogP contribution >= 0.6 is 12.2 Å². The van der Waals surface area contributed by atoms with Crippen LogP contribution in [0.5, 0.6) is 0 Å². The maximum absolute atomic E-state index is 5.24. The summed E-state index contributed by atoms with van der Waals surface area (Å²) < 4.78 is 0. The van der Waals surface area contributed by atoms with Gasteiger partial charge < -0.3 is 10.2 Å². The van der Waals surface area contributed by atoms with Gasteiger partial charge in [0.05, 0.1) is 0 Å². The Kier molecular flexibility index (Phi) is 3.96. The van der Waals surface area contributed by atoms with Gasteiger partial charge in [0, 0.05) is 19.1 Å². The number of hydrogen-bond acceptors (Lipinski definition) is 1. The Morgan fingerprint density at radius 3 is 2.31 bits per heavy atom. The lowest BCUT2D eigenvalue weighted by atomic mass is 10.5. The van der Waals surface area contributed by atoms with Crippen LogP contribution in [0.1, 0.15) is 12.8 Å². The molecule has 0 heterocycles. The molecule has 0 aromatic rings. The number of thiocarbonyl (C=S) groups is 1. The molecule has 1 fully saturated rings. The van der Waals surface area contributed by atoms with Crippen molar-refractivity contribution in [2.24, 2.45) is 0 Å². The second kappa shape index (κ2) is 5.02. The Hall–Kier alpha value is -0.830. The minimum absolute atomic E-state index is 0.615. The first-order valence-corrected chi connectivity index (χ1v) is 4.96. The molecule has 0 aromatic heterocycles. The normalized spacial score (nSPS) is 14.8. The lowest BCUT2D eigenvalue weighted by Gasteiger charge is -2.22. The van der Waals surface area contributed by atoms with E-state index in [4.69, 9.17) is 12.2 Å². The first-order valence-electron chi connectivity index (χ1n) is 4.55. The van der Waals surface area contributed by atoms with E-state index >= 15 is 0 Å². The first-order chi connectivity index (χ1) is 6.27. The van der Waals surface area contributed by atoms with Crippen LogP contribution in [0.15, 0.2) is 25.3 Å². The second-order valence-corrected chi connectivity index (χ2v) is 3.59. The van der Waals surface area contributed by atoms with Crippen molar-refractivity contribution in [1.82, 2.24) is 10.2 Å². The van der Waals surface area contributed by atoms with Gasteiger partial charge in [-0.1, -0.05) is 12.2 Å². The summed E-state index contributed by atoms with van der Waals surface area (Å²) in [5, 5.41) is 4.11. The van der Waals surface area contributed by atoms with E-state index in [9.17, 15) is 0 Å². The van der Waals surface area contributed by atoms with E-state index in [0.717, 1.165) is 18.2 Å². The zero-order valence-corrected chi connectivity index (χ0v) is 8.65. The van der Waals surface area contributed by atoms with Gasteiger partial charge in [-0.3, -0.25) is 0 Å². The van der Waals surface area contributed by atoms with Gasteiger partial charge >= 0.3 is 0 Å². The zero-order chi connectivity index (χ0) is 9.68. The summed E-state index contributed by atoms with van der Waals surface area (Å²) in [6.45, 7) is 8.96. The summed E-state index contributed by atoms with van der Waals surface area (Å²) >= 11 is 5.24. The molecule has 0 amide bonds. The number of nitrogens with one attached hydrogen (secondary N) is 1. The summed E-state index contributed by atoms with van der Waals surface area (Å²) in [5.41, 5.74) is 0. The molecule has 0 unspecified atom stereocenters. The van der Waals surface area contributed by atoms with Gasteiger partial charge in [-0.15, -0.1) is 13.2 Å². The number of nitrogens with zero attached hydrogens (tertiary/aromatic N) is 1.